The number of carboxylic acids is 1. The van der Waals surface area contributed by atoms with Gasteiger partial charge >= 0.3 is 12.1 Å². The number of rotatable bonds is 11. The maximum atomic E-state index is 12.4. The molecule has 2 fully saturated rings. The third-order valence-electron chi connectivity index (χ3n) is 6.82. The van der Waals surface area contributed by atoms with Gasteiger partial charge in [0, 0.05) is 25.3 Å². The number of carbonyl (C=O) groups excluding carboxylic acids is 1. The predicted octanol–water partition coefficient (Wildman–Crippen LogP) is 4.66. The number of oxazole rings is 1. The van der Waals surface area contributed by atoms with E-state index in [0.717, 1.165) is 24.0 Å². The lowest BCUT2D eigenvalue weighted by Crippen LogP contribution is -2.28. The highest BCUT2D eigenvalue weighted by Gasteiger charge is 2.51. The average molecular weight is 495 g/mol. The van der Waals surface area contributed by atoms with Crippen LogP contribution in [0.3, 0.4) is 0 Å². The summed E-state index contributed by atoms with van der Waals surface area (Å²) in [6.07, 6.45) is -0.649. The number of ether oxygens (including phenoxy) is 1. The first-order valence-corrected chi connectivity index (χ1v) is 12.0. The van der Waals surface area contributed by atoms with E-state index in [1.807, 2.05) is 24.3 Å². The molecule has 1 aromatic carbocycles. The fourth-order valence-electron chi connectivity index (χ4n) is 5.16. The van der Waals surface area contributed by atoms with Gasteiger partial charge in [-0.1, -0.05) is 24.3 Å². The van der Waals surface area contributed by atoms with Crippen LogP contribution in [0.4, 0.5) is 13.2 Å². The Bertz CT molecular complexity index is 1040. The molecular formula is C25H29F3N2O5. The quantitative estimate of drug-likeness (QED) is 0.441. The van der Waals surface area contributed by atoms with Crippen LogP contribution in [0, 0.1) is 5.92 Å². The van der Waals surface area contributed by atoms with Crippen molar-refractivity contribution in [2.45, 2.75) is 75.7 Å². The number of nitrogens with one attached hydrogen (secondary N) is 1. The number of aryl methyl sites for hydroxylation is 1. The van der Waals surface area contributed by atoms with Crippen molar-refractivity contribution in [3.05, 3.63) is 53.2 Å². The highest BCUT2D eigenvalue weighted by Crippen LogP contribution is 2.50. The molecule has 2 aromatic rings. The fourth-order valence-corrected chi connectivity index (χ4v) is 5.16. The van der Waals surface area contributed by atoms with Crippen LogP contribution in [0.2, 0.25) is 0 Å². The van der Waals surface area contributed by atoms with Crippen molar-refractivity contribution in [3.8, 4) is 0 Å². The molecule has 190 valence electrons. The molecule has 2 aliphatic rings. The molecule has 2 aliphatic heterocycles. The van der Waals surface area contributed by atoms with E-state index in [1.165, 1.54) is 6.26 Å². The second-order valence-corrected chi connectivity index (χ2v) is 9.25. The summed E-state index contributed by atoms with van der Waals surface area (Å²) >= 11 is 0. The summed E-state index contributed by atoms with van der Waals surface area (Å²) in [7, 11) is 0. The van der Waals surface area contributed by atoms with E-state index in [4.69, 9.17) is 14.3 Å². The van der Waals surface area contributed by atoms with Crippen molar-refractivity contribution in [1.29, 1.82) is 0 Å². The third-order valence-corrected chi connectivity index (χ3v) is 6.82. The molecule has 3 heterocycles. The van der Waals surface area contributed by atoms with E-state index in [0.29, 0.717) is 18.7 Å². The monoisotopic (exact) mass is 494 g/mol. The number of amides is 1. The van der Waals surface area contributed by atoms with E-state index in [1.54, 1.807) is 0 Å². The predicted molar refractivity (Wildman–Crippen MR) is 119 cm³/mol. The molecule has 4 atom stereocenters. The average Bonchev–Trinajstić information content (AvgIpc) is 3.54. The van der Waals surface area contributed by atoms with Gasteiger partial charge in [-0.05, 0) is 49.7 Å². The molecule has 0 aliphatic carbocycles. The zero-order valence-electron chi connectivity index (χ0n) is 19.2. The van der Waals surface area contributed by atoms with Gasteiger partial charge in [0.15, 0.2) is 5.69 Å². The Kier molecular flexibility index (Phi) is 7.78. The number of hydrogen-bond acceptors (Lipinski definition) is 5. The Morgan fingerprint density at radius 3 is 2.60 bits per heavy atom. The van der Waals surface area contributed by atoms with Gasteiger partial charge < -0.3 is 19.6 Å². The number of carbonyl (C=O) groups is 2. The molecular weight excluding hydrogens is 465 g/mol. The largest absolute Gasteiger partial charge is 0.481 e. The molecule has 7 nitrogen and oxygen atoms in total. The highest BCUT2D eigenvalue weighted by atomic mass is 19.4. The van der Waals surface area contributed by atoms with E-state index >= 15 is 0 Å². The topological polar surface area (TPSA) is 102 Å². The summed E-state index contributed by atoms with van der Waals surface area (Å²) in [6, 6.07) is 7.79. The first-order valence-electron chi connectivity index (χ1n) is 12.0. The van der Waals surface area contributed by atoms with E-state index in [-0.39, 0.29) is 55.5 Å². The molecule has 1 aromatic heterocycles. The zero-order valence-corrected chi connectivity index (χ0v) is 19.2. The molecule has 2 N–H and O–H groups in total. The highest BCUT2D eigenvalue weighted by molar-refractivity contribution is 5.91. The number of alkyl halides is 3. The number of hydrogen-bond donors (Lipinski definition) is 2. The minimum absolute atomic E-state index is 0.0374. The number of fused-ring (bicyclic) bond motifs is 2. The molecule has 0 saturated carbocycles. The molecule has 0 spiro atoms. The molecule has 2 saturated heterocycles. The first-order chi connectivity index (χ1) is 16.7. The lowest BCUT2D eigenvalue weighted by atomic mass is 9.75. The lowest BCUT2D eigenvalue weighted by molar-refractivity contribution is -0.137. The number of aliphatic carboxylic acids is 1. The molecule has 4 rings (SSSR count). The van der Waals surface area contributed by atoms with Crippen molar-refractivity contribution in [1.82, 2.24) is 10.3 Å². The smallest absolute Gasteiger partial charge is 0.389 e. The minimum Gasteiger partial charge on any atom is -0.481 e. The Morgan fingerprint density at radius 2 is 1.86 bits per heavy atom. The second kappa shape index (κ2) is 10.8. The third kappa shape index (κ3) is 6.42. The minimum atomic E-state index is -4.19. The van der Waals surface area contributed by atoms with E-state index in [2.05, 4.69) is 10.3 Å². The van der Waals surface area contributed by atoms with Gasteiger partial charge in [-0.2, -0.15) is 13.2 Å². The van der Waals surface area contributed by atoms with Gasteiger partial charge in [-0.25, -0.2) is 4.98 Å². The number of benzene rings is 1. The van der Waals surface area contributed by atoms with Crippen LogP contribution in [-0.2, 0) is 22.4 Å². The Balaban J connectivity index is 1.40. The molecule has 2 bridgehead atoms. The SMILES string of the molecule is O=C(O)CCc1ccccc1C[C@@H]1[C@H](c2nc(C(=O)NCCCCC(F)(F)F)co2)[C@H]2CC[C@@H]1O2. The molecule has 0 unspecified atom stereocenters. The van der Waals surface area contributed by atoms with Crippen molar-refractivity contribution >= 4 is 11.9 Å². The fraction of sp³-hybridized carbons (Fsp3) is 0.560. The van der Waals surface area contributed by atoms with Gasteiger partial charge in [0.2, 0.25) is 5.89 Å². The van der Waals surface area contributed by atoms with Crippen LogP contribution in [0.1, 0.15) is 71.9 Å². The van der Waals surface area contributed by atoms with Crippen molar-refractivity contribution in [3.63, 3.8) is 0 Å². The van der Waals surface area contributed by atoms with Gasteiger partial charge in [0.25, 0.3) is 5.91 Å². The standard InChI is InChI=1S/C25H29F3N2O5/c26-25(27,28)11-3-4-12-29-23(33)18-14-34-24(30-18)22-17(19-8-9-20(22)35-19)13-16-6-2-1-5-15(16)7-10-21(31)32/h1-2,5-6,14,17,19-20,22H,3-4,7-13H2,(H,29,33)(H,31,32)/t17-,19-,20+,22-/m0/s1. The van der Waals surface area contributed by atoms with Crippen molar-refractivity contribution < 1.29 is 37.0 Å². The number of aromatic nitrogens is 1. The van der Waals surface area contributed by atoms with E-state index in [9.17, 15) is 22.8 Å². The maximum Gasteiger partial charge on any atom is 0.389 e. The van der Waals surface area contributed by atoms with Gasteiger partial charge in [-0.15, -0.1) is 0 Å². The summed E-state index contributed by atoms with van der Waals surface area (Å²) in [4.78, 5) is 27.9. The summed E-state index contributed by atoms with van der Waals surface area (Å²) in [5, 5.41) is 11.7. The number of carboxylic acid groups (broad SMARTS) is 1. The lowest BCUT2D eigenvalue weighted by Gasteiger charge is -2.26. The summed E-state index contributed by atoms with van der Waals surface area (Å²) in [5.41, 5.74) is 2.16. The maximum absolute atomic E-state index is 12.4. The Hall–Kier alpha value is -2.88. The summed E-state index contributed by atoms with van der Waals surface area (Å²) in [5.74, 6) is -0.947. The normalized spacial score (nSPS) is 23.5. The van der Waals surface area contributed by atoms with Crippen LogP contribution in [0.15, 0.2) is 34.9 Å². The van der Waals surface area contributed by atoms with E-state index < -0.39 is 24.5 Å². The number of halogens is 3. The van der Waals surface area contributed by atoms with Crippen LogP contribution in [0.5, 0.6) is 0 Å². The van der Waals surface area contributed by atoms with Gasteiger partial charge in [0.1, 0.15) is 6.26 Å². The number of nitrogens with zero attached hydrogens (tertiary/aromatic N) is 1. The second-order valence-electron chi connectivity index (χ2n) is 9.25. The van der Waals surface area contributed by atoms with Crippen molar-refractivity contribution in [2.75, 3.05) is 6.54 Å². The first kappa shape index (κ1) is 25.2. The van der Waals surface area contributed by atoms with Crippen LogP contribution < -0.4 is 5.32 Å². The Labute approximate surface area is 201 Å². The zero-order chi connectivity index (χ0) is 25.0. The molecule has 1 amide bonds. The van der Waals surface area contributed by atoms with Crippen LogP contribution >= 0.6 is 0 Å². The molecule has 10 heteroatoms. The summed E-state index contributed by atoms with van der Waals surface area (Å²) in [6.45, 7) is 0.129. The number of unbranched alkanes of at least 4 members (excludes halogenated alkanes) is 1. The van der Waals surface area contributed by atoms with Gasteiger partial charge in [0.05, 0.1) is 18.1 Å². The Morgan fingerprint density at radius 1 is 1.11 bits per heavy atom. The van der Waals surface area contributed by atoms with Crippen molar-refractivity contribution in [2.24, 2.45) is 5.92 Å². The summed E-state index contributed by atoms with van der Waals surface area (Å²) < 4.78 is 48.6. The van der Waals surface area contributed by atoms with Crippen LogP contribution in [-0.4, -0.2) is 46.9 Å². The molecule has 0 radical (unpaired) electrons. The molecule has 35 heavy (non-hydrogen) atoms. The van der Waals surface area contributed by atoms with Crippen LogP contribution in [0.25, 0.3) is 0 Å². The van der Waals surface area contributed by atoms with Gasteiger partial charge in [-0.3, -0.25) is 9.59 Å².